The SMILES string of the molecule is COc1ccc(N(c2ccc(N)cc2)c2ccc(N(c3ccc(N)cc3)c3ccc(CO)cc3)cc2)cc1.O=c1n(CC2CC2)c(=O)n(CC2CO2)c(=O)n1CC1CO1. The Labute approximate surface area is 340 Å². The zero-order valence-corrected chi connectivity index (χ0v) is 32.7. The lowest BCUT2D eigenvalue weighted by atomic mass is 10.1. The summed E-state index contributed by atoms with van der Waals surface area (Å²) in [6.07, 6.45) is 1.88. The van der Waals surface area contributed by atoms with Gasteiger partial charge in [0.1, 0.15) is 5.75 Å². The van der Waals surface area contributed by atoms with E-state index in [1.54, 1.807) is 7.11 Å². The summed E-state index contributed by atoms with van der Waals surface area (Å²) < 4.78 is 19.0. The lowest BCUT2D eigenvalue weighted by Crippen LogP contribution is -2.55. The van der Waals surface area contributed by atoms with Gasteiger partial charge in [0, 0.05) is 52.0 Å². The lowest BCUT2D eigenvalue weighted by Gasteiger charge is -2.28. The van der Waals surface area contributed by atoms with Crippen LogP contribution >= 0.6 is 0 Å². The fraction of sp³-hybridized carbons (Fsp3) is 0.267. The molecule has 0 radical (unpaired) electrons. The third-order valence-electron chi connectivity index (χ3n) is 10.5. The van der Waals surface area contributed by atoms with E-state index in [0.29, 0.717) is 37.1 Å². The van der Waals surface area contributed by atoms with E-state index < -0.39 is 17.1 Å². The molecule has 5 N–H and O–H groups in total. The van der Waals surface area contributed by atoms with Crippen molar-refractivity contribution in [2.24, 2.45) is 5.92 Å². The van der Waals surface area contributed by atoms with Gasteiger partial charge in [0.15, 0.2) is 0 Å². The minimum Gasteiger partial charge on any atom is -0.497 e. The van der Waals surface area contributed by atoms with Crippen molar-refractivity contribution >= 4 is 45.5 Å². The molecular formula is C45H47N7O7. The third-order valence-corrected chi connectivity index (χ3v) is 10.5. The highest BCUT2D eigenvalue weighted by Crippen LogP contribution is 2.40. The molecule has 1 aromatic heterocycles. The predicted molar refractivity (Wildman–Crippen MR) is 229 cm³/mol. The van der Waals surface area contributed by atoms with Crippen LogP contribution in [-0.2, 0) is 35.7 Å². The van der Waals surface area contributed by atoms with Gasteiger partial charge in [-0.1, -0.05) is 12.1 Å². The van der Waals surface area contributed by atoms with E-state index in [9.17, 15) is 19.5 Å². The molecule has 59 heavy (non-hydrogen) atoms. The van der Waals surface area contributed by atoms with Crippen molar-refractivity contribution < 1.29 is 19.3 Å². The molecule has 2 unspecified atom stereocenters. The molecule has 14 heteroatoms. The molecule has 2 saturated heterocycles. The van der Waals surface area contributed by atoms with E-state index in [-0.39, 0.29) is 31.9 Å². The highest BCUT2D eigenvalue weighted by molar-refractivity contribution is 5.81. The van der Waals surface area contributed by atoms with Crippen molar-refractivity contribution in [1.29, 1.82) is 0 Å². The van der Waals surface area contributed by atoms with Crippen LogP contribution < -0.4 is 43.1 Å². The number of hydrogen-bond acceptors (Lipinski definition) is 11. The molecule has 6 aromatic rings. The van der Waals surface area contributed by atoms with Crippen LogP contribution in [-0.4, -0.2) is 51.3 Å². The van der Waals surface area contributed by atoms with E-state index in [4.69, 9.17) is 25.7 Å². The van der Waals surface area contributed by atoms with E-state index in [0.717, 1.165) is 67.4 Å². The Balaban J connectivity index is 0.000000193. The number of nitrogens with zero attached hydrogens (tertiary/aromatic N) is 5. The summed E-state index contributed by atoms with van der Waals surface area (Å²) in [4.78, 5) is 41.6. The standard InChI is InChI=1S/C32H30N4O2.C13H17N3O5/c1-38-32-20-18-31(19-21-32)36(28-12-6-25(34)7-13-28)30-16-14-29(15-17-30)35(27-10-4-24(33)5-11-27)26-8-2-23(22-37)3-9-26;17-11-14(3-8-1-2-8)12(18)16(5-10-7-21-10)13(19)15(11)4-9-6-20-9/h2-21,37H,22,33-34H2,1H3;8-10H,1-7H2. The number of aliphatic hydroxyl groups excluding tert-OH is 1. The molecular weight excluding hydrogens is 751 g/mol. The first-order valence-electron chi connectivity index (χ1n) is 19.6. The smallest absolute Gasteiger partial charge is 0.336 e. The maximum absolute atomic E-state index is 12.4. The van der Waals surface area contributed by atoms with Gasteiger partial charge in [-0.05, 0) is 134 Å². The van der Waals surface area contributed by atoms with E-state index >= 15 is 0 Å². The van der Waals surface area contributed by atoms with Gasteiger partial charge in [-0.15, -0.1) is 0 Å². The van der Waals surface area contributed by atoms with Gasteiger partial charge in [-0.2, -0.15) is 0 Å². The number of rotatable bonds is 14. The summed E-state index contributed by atoms with van der Waals surface area (Å²) in [5.41, 5.74) is 18.6. The van der Waals surface area contributed by atoms with Crippen molar-refractivity contribution in [3.05, 3.63) is 158 Å². The Bertz CT molecular complexity index is 2300. The van der Waals surface area contributed by atoms with Gasteiger partial charge >= 0.3 is 17.1 Å². The van der Waals surface area contributed by atoms with Gasteiger partial charge in [-0.25, -0.2) is 28.1 Å². The Morgan fingerprint density at radius 3 is 1.20 bits per heavy atom. The lowest BCUT2D eigenvalue weighted by molar-refractivity contribution is 0.282. The monoisotopic (exact) mass is 797 g/mol. The fourth-order valence-corrected chi connectivity index (χ4v) is 6.84. The number of aromatic nitrogens is 3. The summed E-state index contributed by atoms with van der Waals surface area (Å²) in [5.74, 6) is 1.18. The zero-order valence-electron chi connectivity index (χ0n) is 32.7. The summed E-state index contributed by atoms with van der Waals surface area (Å²) in [6.45, 7) is 1.94. The number of epoxide rings is 2. The second kappa shape index (κ2) is 17.1. The normalized spacial score (nSPS) is 16.4. The van der Waals surface area contributed by atoms with E-state index in [1.165, 1.54) is 4.57 Å². The molecule has 304 valence electrons. The molecule has 3 fully saturated rings. The first-order chi connectivity index (χ1) is 28.7. The molecule has 1 aliphatic carbocycles. The van der Waals surface area contributed by atoms with Gasteiger partial charge in [0.05, 0.1) is 52.2 Å². The van der Waals surface area contributed by atoms with Crippen molar-refractivity contribution in [2.75, 3.05) is 41.6 Å². The minimum absolute atomic E-state index is 0.00315. The van der Waals surface area contributed by atoms with Gasteiger partial charge in [0.2, 0.25) is 0 Å². The highest BCUT2D eigenvalue weighted by Gasteiger charge is 2.31. The van der Waals surface area contributed by atoms with Crippen LogP contribution in [0.2, 0.25) is 0 Å². The van der Waals surface area contributed by atoms with Crippen LogP contribution in [0.1, 0.15) is 18.4 Å². The topological polar surface area (TPSA) is 179 Å². The predicted octanol–water partition coefficient (Wildman–Crippen LogP) is 5.67. The Morgan fingerprint density at radius 2 is 0.881 bits per heavy atom. The number of nitrogens with two attached hydrogens (primary N) is 2. The average Bonchev–Trinajstić information content (AvgIpc) is 4.11. The second-order valence-corrected chi connectivity index (χ2v) is 14.9. The highest BCUT2D eigenvalue weighted by atomic mass is 16.6. The maximum Gasteiger partial charge on any atom is 0.336 e. The van der Waals surface area contributed by atoms with Crippen LogP contribution in [0.15, 0.2) is 136 Å². The molecule has 2 aliphatic heterocycles. The summed E-state index contributed by atoms with van der Waals surface area (Å²) >= 11 is 0. The summed E-state index contributed by atoms with van der Waals surface area (Å²) in [6, 6.07) is 39.9. The maximum atomic E-state index is 12.4. The van der Waals surface area contributed by atoms with Crippen molar-refractivity contribution in [2.45, 2.75) is 51.3 Å². The number of nitrogen functional groups attached to an aromatic ring is 2. The van der Waals surface area contributed by atoms with Gasteiger partial charge in [-0.3, -0.25) is 0 Å². The number of anilines is 8. The minimum atomic E-state index is -0.553. The molecule has 9 rings (SSSR count). The number of ether oxygens (including phenoxy) is 3. The first kappa shape index (κ1) is 39.2. The van der Waals surface area contributed by atoms with Gasteiger partial charge < -0.3 is 40.6 Å². The zero-order chi connectivity index (χ0) is 41.0. The molecule has 0 bridgehead atoms. The molecule has 3 heterocycles. The largest absolute Gasteiger partial charge is 0.497 e. The Hall–Kier alpha value is -6.61. The molecule has 0 amide bonds. The summed E-state index contributed by atoms with van der Waals surface area (Å²) in [7, 11) is 1.66. The van der Waals surface area contributed by atoms with E-state index in [2.05, 4.69) is 34.1 Å². The first-order valence-corrected chi connectivity index (χ1v) is 19.6. The summed E-state index contributed by atoms with van der Waals surface area (Å²) in [5, 5.41) is 9.50. The van der Waals surface area contributed by atoms with E-state index in [1.807, 2.05) is 97.1 Å². The van der Waals surface area contributed by atoms with Crippen molar-refractivity contribution in [3.63, 3.8) is 0 Å². The third kappa shape index (κ3) is 9.25. The van der Waals surface area contributed by atoms with Crippen LogP contribution in [0, 0.1) is 5.92 Å². The Kier molecular flexibility index (Phi) is 11.4. The average molecular weight is 798 g/mol. The molecule has 14 nitrogen and oxygen atoms in total. The number of benzene rings is 5. The van der Waals surface area contributed by atoms with Gasteiger partial charge in [0.25, 0.3) is 0 Å². The second-order valence-electron chi connectivity index (χ2n) is 14.9. The fourth-order valence-electron chi connectivity index (χ4n) is 6.84. The Morgan fingerprint density at radius 1 is 0.559 bits per heavy atom. The van der Waals surface area contributed by atoms with Crippen molar-refractivity contribution in [3.8, 4) is 5.75 Å². The van der Waals surface area contributed by atoms with Crippen LogP contribution in [0.5, 0.6) is 5.75 Å². The van der Waals surface area contributed by atoms with Crippen LogP contribution in [0.25, 0.3) is 0 Å². The number of methoxy groups -OCH3 is 1. The molecule has 3 aliphatic rings. The molecule has 1 saturated carbocycles. The van der Waals surface area contributed by atoms with Crippen molar-refractivity contribution in [1.82, 2.24) is 13.7 Å². The molecule has 2 atom stereocenters. The molecule has 0 spiro atoms. The number of hydrogen-bond donors (Lipinski definition) is 3. The van der Waals surface area contributed by atoms with Crippen LogP contribution in [0.4, 0.5) is 45.5 Å². The molecule has 5 aromatic carbocycles. The number of aliphatic hydroxyl groups is 1. The van der Waals surface area contributed by atoms with Crippen LogP contribution in [0.3, 0.4) is 0 Å². The quantitative estimate of drug-likeness (QED) is 0.0914.